The fourth-order valence-corrected chi connectivity index (χ4v) is 4.65. The topological polar surface area (TPSA) is 97.0 Å². The van der Waals surface area contributed by atoms with E-state index in [0.29, 0.717) is 12.4 Å². The maximum absolute atomic E-state index is 9.83. The monoisotopic (exact) mass is 496 g/mol. The molecule has 0 spiro atoms. The van der Waals surface area contributed by atoms with Crippen LogP contribution in [-0.2, 0) is 0 Å². The van der Waals surface area contributed by atoms with Crippen LogP contribution in [0.1, 0.15) is 18.9 Å². The summed E-state index contributed by atoms with van der Waals surface area (Å²) < 4.78 is 14.3. The van der Waals surface area contributed by atoms with Gasteiger partial charge in [0.1, 0.15) is 47.4 Å². The third kappa shape index (κ3) is 4.91. The van der Waals surface area contributed by atoms with E-state index in [1.54, 1.807) is 19.4 Å². The first-order chi connectivity index (χ1) is 18.0. The van der Waals surface area contributed by atoms with Gasteiger partial charge in [-0.1, -0.05) is 0 Å². The molecule has 1 unspecified atom stereocenters. The van der Waals surface area contributed by atoms with E-state index in [-0.39, 0.29) is 6.10 Å². The van der Waals surface area contributed by atoms with Gasteiger partial charge in [0.05, 0.1) is 5.52 Å². The highest BCUT2D eigenvalue weighted by atomic mass is 16.5. The number of rotatable bonds is 7. The Kier molecular flexibility index (Phi) is 6.07. The molecule has 188 valence electrons. The van der Waals surface area contributed by atoms with Gasteiger partial charge in [0.25, 0.3) is 0 Å². The average molecular weight is 497 g/mol. The number of hydrogen-bond acceptors (Lipinski definition) is 8. The second kappa shape index (κ2) is 9.68. The fourth-order valence-electron chi connectivity index (χ4n) is 4.65. The largest absolute Gasteiger partial charge is 0.489 e. The van der Waals surface area contributed by atoms with Crippen molar-refractivity contribution in [3.63, 3.8) is 0 Å². The number of aliphatic hydroxyl groups excluding tert-OH is 1. The number of likely N-dealkylation sites (tertiary alicyclic amines) is 1. The normalized spacial score (nSPS) is 16.8. The lowest BCUT2D eigenvalue weighted by Crippen LogP contribution is -2.32. The Balaban J connectivity index is 1.20. The SMILES string of the molecule is Cc1cc(Nc2ncnc3ccc(O[C@H]4CCN(C(C)O)C4)cc23)ccc1Oc1ccn2ccnc2c1. The molecule has 2 atom stereocenters. The summed E-state index contributed by atoms with van der Waals surface area (Å²) in [5.41, 5.74) is 3.54. The summed E-state index contributed by atoms with van der Waals surface area (Å²) in [4.78, 5) is 15.2. The lowest BCUT2D eigenvalue weighted by molar-refractivity contribution is 0.0291. The van der Waals surface area contributed by atoms with Crippen molar-refractivity contribution in [3.05, 3.63) is 79.0 Å². The molecule has 1 saturated heterocycles. The van der Waals surface area contributed by atoms with Crippen molar-refractivity contribution in [2.24, 2.45) is 0 Å². The van der Waals surface area contributed by atoms with Crippen molar-refractivity contribution in [2.45, 2.75) is 32.6 Å². The number of benzene rings is 2. The zero-order chi connectivity index (χ0) is 25.4. The van der Waals surface area contributed by atoms with Crippen LogP contribution in [0.15, 0.2) is 73.4 Å². The summed E-state index contributed by atoms with van der Waals surface area (Å²) in [5.74, 6) is 2.96. The fraction of sp³-hybridized carbons (Fsp3) is 0.250. The van der Waals surface area contributed by atoms with Crippen LogP contribution in [0, 0.1) is 6.92 Å². The van der Waals surface area contributed by atoms with E-state index >= 15 is 0 Å². The highest BCUT2D eigenvalue weighted by molar-refractivity contribution is 5.91. The number of anilines is 2. The summed E-state index contributed by atoms with van der Waals surface area (Å²) in [6.45, 7) is 5.32. The van der Waals surface area contributed by atoms with Gasteiger partial charge < -0.3 is 24.3 Å². The van der Waals surface area contributed by atoms with Gasteiger partial charge in [0.2, 0.25) is 0 Å². The molecule has 9 heteroatoms. The molecule has 1 fully saturated rings. The number of aliphatic hydroxyl groups is 1. The molecule has 1 aliphatic rings. The summed E-state index contributed by atoms with van der Waals surface area (Å²) in [7, 11) is 0. The first-order valence-electron chi connectivity index (χ1n) is 12.3. The maximum Gasteiger partial charge on any atom is 0.141 e. The summed E-state index contributed by atoms with van der Waals surface area (Å²) in [6, 6.07) is 15.6. The predicted octanol–water partition coefficient (Wildman–Crippen LogP) is 4.91. The standard InChI is InChI=1S/C28H28N6O3/c1-18-13-20(3-6-26(18)37-22-7-10-33-12-9-29-27(33)15-22)32-28-24-14-21(4-5-25(24)30-17-31-28)36-23-8-11-34(16-23)19(2)35/h3-7,9-10,12-15,17,19,23,35H,8,11,16H2,1-2H3,(H,30,31,32)/t19?,23-/m0/s1. The third-order valence-corrected chi connectivity index (χ3v) is 6.65. The Morgan fingerprint density at radius 3 is 2.78 bits per heavy atom. The zero-order valence-corrected chi connectivity index (χ0v) is 20.7. The van der Waals surface area contributed by atoms with E-state index in [1.807, 2.05) is 77.1 Å². The van der Waals surface area contributed by atoms with E-state index in [9.17, 15) is 5.11 Å². The van der Waals surface area contributed by atoms with Crippen molar-refractivity contribution in [2.75, 3.05) is 18.4 Å². The molecule has 5 aromatic rings. The zero-order valence-electron chi connectivity index (χ0n) is 20.7. The Morgan fingerprint density at radius 2 is 1.95 bits per heavy atom. The molecule has 0 saturated carbocycles. The minimum Gasteiger partial charge on any atom is -0.489 e. The van der Waals surface area contributed by atoms with Crippen LogP contribution in [0.2, 0.25) is 0 Å². The van der Waals surface area contributed by atoms with Gasteiger partial charge in [-0.2, -0.15) is 0 Å². The molecule has 37 heavy (non-hydrogen) atoms. The second-order valence-corrected chi connectivity index (χ2v) is 9.32. The number of aryl methyl sites for hydroxylation is 1. The molecule has 1 aliphatic heterocycles. The number of pyridine rings is 1. The summed E-state index contributed by atoms with van der Waals surface area (Å²) in [6.07, 6.45) is 7.60. The minimum atomic E-state index is -0.463. The van der Waals surface area contributed by atoms with E-state index in [4.69, 9.17) is 9.47 Å². The molecule has 4 heterocycles. The molecule has 0 radical (unpaired) electrons. The van der Waals surface area contributed by atoms with Gasteiger partial charge in [-0.25, -0.2) is 15.0 Å². The molecule has 2 N–H and O–H groups in total. The van der Waals surface area contributed by atoms with Crippen molar-refractivity contribution in [1.29, 1.82) is 0 Å². The number of fused-ring (bicyclic) bond motifs is 2. The van der Waals surface area contributed by atoms with Gasteiger partial charge >= 0.3 is 0 Å². The Labute approximate surface area is 214 Å². The number of nitrogens with one attached hydrogen (secondary N) is 1. The van der Waals surface area contributed by atoms with E-state index in [2.05, 4.69) is 20.3 Å². The maximum atomic E-state index is 9.83. The lowest BCUT2D eigenvalue weighted by Gasteiger charge is -2.19. The van der Waals surface area contributed by atoms with Crippen LogP contribution in [0.4, 0.5) is 11.5 Å². The van der Waals surface area contributed by atoms with Crippen LogP contribution < -0.4 is 14.8 Å². The molecule has 9 nitrogen and oxygen atoms in total. The Morgan fingerprint density at radius 1 is 1.03 bits per heavy atom. The lowest BCUT2D eigenvalue weighted by atomic mass is 10.2. The molecular weight excluding hydrogens is 468 g/mol. The van der Waals surface area contributed by atoms with Gasteiger partial charge in [-0.15, -0.1) is 0 Å². The first kappa shape index (κ1) is 23.2. The smallest absolute Gasteiger partial charge is 0.141 e. The van der Waals surface area contributed by atoms with Crippen LogP contribution in [0.5, 0.6) is 17.2 Å². The van der Waals surface area contributed by atoms with E-state index in [0.717, 1.165) is 58.0 Å². The second-order valence-electron chi connectivity index (χ2n) is 9.32. The Bertz CT molecular complexity index is 1570. The molecular formula is C28H28N6O3. The number of ether oxygens (including phenoxy) is 2. The van der Waals surface area contributed by atoms with E-state index in [1.165, 1.54) is 0 Å². The summed E-state index contributed by atoms with van der Waals surface area (Å²) >= 11 is 0. The van der Waals surface area contributed by atoms with Crippen LogP contribution in [0.25, 0.3) is 16.6 Å². The molecule has 6 rings (SSSR count). The third-order valence-electron chi connectivity index (χ3n) is 6.65. The predicted molar refractivity (Wildman–Crippen MR) is 142 cm³/mol. The van der Waals surface area contributed by atoms with Crippen molar-refractivity contribution in [3.8, 4) is 17.2 Å². The highest BCUT2D eigenvalue weighted by Gasteiger charge is 2.26. The van der Waals surface area contributed by atoms with Gasteiger partial charge in [0, 0.05) is 48.8 Å². The molecule has 0 aliphatic carbocycles. The molecule has 0 amide bonds. The summed E-state index contributed by atoms with van der Waals surface area (Å²) in [5, 5.41) is 14.1. The quantitative estimate of drug-likeness (QED) is 0.328. The number of hydrogen-bond donors (Lipinski definition) is 2. The van der Waals surface area contributed by atoms with Gasteiger partial charge in [-0.3, -0.25) is 4.90 Å². The van der Waals surface area contributed by atoms with Gasteiger partial charge in [-0.05, 0) is 68.3 Å². The van der Waals surface area contributed by atoms with Crippen molar-refractivity contribution in [1.82, 2.24) is 24.3 Å². The highest BCUT2D eigenvalue weighted by Crippen LogP contribution is 2.31. The van der Waals surface area contributed by atoms with Gasteiger partial charge in [0.15, 0.2) is 0 Å². The van der Waals surface area contributed by atoms with Crippen LogP contribution in [0.3, 0.4) is 0 Å². The number of imidazole rings is 1. The van der Waals surface area contributed by atoms with Crippen LogP contribution >= 0.6 is 0 Å². The van der Waals surface area contributed by atoms with Crippen LogP contribution in [-0.4, -0.2) is 54.8 Å². The number of aromatic nitrogens is 4. The molecule has 0 bridgehead atoms. The van der Waals surface area contributed by atoms with Crippen molar-refractivity contribution < 1.29 is 14.6 Å². The first-order valence-corrected chi connectivity index (χ1v) is 12.3. The van der Waals surface area contributed by atoms with E-state index < -0.39 is 6.23 Å². The average Bonchev–Trinajstić information content (AvgIpc) is 3.55. The minimum absolute atomic E-state index is 0.0393. The Hall–Kier alpha value is -4.21. The molecule has 3 aromatic heterocycles. The molecule has 2 aromatic carbocycles. The number of nitrogens with zero attached hydrogens (tertiary/aromatic N) is 5. The van der Waals surface area contributed by atoms with Crippen molar-refractivity contribution >= 4 is 28.1 Å².